The Morgan fingerprint density at radius 3 is 1.32 bits per heavy atom. The van der Waals surface area contributed by atoms with Gasteiger partial charge in [0.05, 0.1) is 0 Å². The Morgan fingerprint density at radius 1 is 0.684 bits per heavy atom. The van der Waals surface area contributed by atoms with Gasteiger partial charge in [-0.3, -0.25) is 4.57 Å². The van der Waals surface area contributed by atoms with E-state index in [-0.39, 0.29) is 65.3 Å². The molecule has 0 saturated heterocycles. The first-order chi connectivity index (χ1) is 8.06. The minimum atomic E-state index is -3.74. The second kappa shape index (κ2) is 18.2. The second-order valence-corrected chi connectivity index (χ2v) is 6.70. The SMILES string of the molecule is CCCCCCCCCCCCCP(=O)(O)O.[NaH].[NaH]. The van der Waals surface area contributed by atoms with Gasteiger partial charge in [0.2, 0.25) is 0 Å². The summed E-state index contributed by atoms with van der Waals surface area (Å²) in [7, 11) is -3.74. The molecule has 0 aromatic carbocycles. The van der Waals surface area contributed by atoms with Crippen molar-refractivity contribution in [3.05, 3.63) is 0 Å². The van der Waals surface area contributed by atoms with Gasteiger partial charge in [-0.1, -0.05) is 71.1 Å². The fraction of sp³-hybridized carbons (Fsp3) is 1.00. The van der Waals surface area contributed by atoms with Gasteiger partial charge in [-0.2, -0.15) is 0 Å². The summed E-state index contributed by atoms with van der Waals surface area (Å²) in [6.07, 6.45) is 13.4. The molecule has 6 heteroatoms. The predicted molar refractivity (Wildman–Crippen MR) is 87.7 cm³/mol. The van der Waals surface area contributed by atoms with E-state index >= 15 is 0 Å². The van der Waals surface area contributed by atoms with Gasteiger partial charge in [0, 0.05) is 6.16 Å². The van der Waals surface area contributed by atoms with Crippen LogP contribution in [0.2, 0.25) is 0 Å². The molecule has 0 radical (unpaired) electrons. The quantitative estimate of drug-likeness (QED) is 0.330. The molecule has 108 valence electrons. The molecule has 3 nitrogen and oxygen atoms in total. The molecule has 0 aromatic rings. The number of rotatable bonds is 12. The van der Waals surface area contributed by atoms with Crippen molar-refractivity contribution in [3.8, 4) is 0 Å². The number of hydrogen-bond donors (Lipinski definition) is 2. The van der Waals surface area contributed by atoms with E-state index in [9.17, 15) is 4.57 Å². The first-order valence-corrected chi connectivity index (χ1v) is 8.90. The predicted octanol–water partition coefficient (Wildman–Crippen LogP) is 3.18. The third-order valence-corrected chi connectivity index (χ3v) is 3.95. The summed E-state index contributed by atoms with van der Waals surface area (Å²) in [5.41, 5.74) is 0. The molecule has 0 bridgehead atoms. The summed E-state index contributed by atoms with van der Waals surface area (Å²) in [4.78, 5) is 17.3. The summed E-state index contributed by atoms with van der Waals surface area (Å²) in [5.74, 6) is 0. The molecule has 0 saturated carbocycles. The van der Waals surface area contributed by atoms with Crippen LogP contribution in [0.25, 0.3) is 0 Å². The molecule has 0 aliphatic heterocycles. The maximum atomic E-state index is 10.6. The van der Waals surface area contributed by atoms with Crippen LogP contribution in [0.15, 0.2) is 0 Å². The van der Waals surface area contributed by atoms with Crippen LogP contribution in [-0.2, 0) is 4.57 Å². The molecule has 0 heterocycles. The summed E-state index contributed by atoms with van der Waals surface area (Å²) in [5, 5.41) is 0. The number of hydrogen-bond acceptors (Lipinski definition) is 1. The van der Waals surface area contributed by atoms with Crippen LogP contribution >= 0.6 is 7.60 Å². The van der Waals surface area contributed by atoms with E-state index in [2.05, 4.69) is 6.92 Å². The maximum absolute atomic E-state index is 10.6. The standard InChI is InChI=1S/C13H29O3P.2Na.2H/c1-2-3-4-5-6-7-8-9-10-11-12-13-17(14,15)16;;;;/h2-13H2,1H3,(H2,14,15,16);;;;. The van der Waals surface area contributed by atoms with Crippen LogP contribution in [0.4, 0.5) is 0 Å². The molecule has 0 rings (SSSR count). The third kappa shape index (κ3) is 25.4. The van der Waals surface area contributed by atoms with Crippen molar-refractivity contribution in [2.75, 3.05) is 6.16 Å². The average molecular weight is 312 g/mol. The van der Waals surface area contributed by atoms with Gasteiger partial charge in [-0.25, -0.2) is 0 Å². The monoisotopic (exact) mass is 312 g/mol. The summed E-state index contributed by atoms with van der Waals surface area (Å²) >= 11 is 0. The first kappa shape index (κ1) is 26.1. The van der Waals surface area contributed by atoms with Crippen molar-refractivity contribution in [1.82, 2.24) is 0 Å². The average Bonchev–Trinajstić information content (AvgIpc) is 2.24. The van der Waals surface area contributed by atoms with E-state index in [1.54, 1.807) is 0 Å². The second-order valence-electron chi connectivity index (χ2n) is 4.92. The molecular formula is C13H31Na2O3P. The van der Waals surface area contributed by atoms with Gasteiger partial charge in [0.15, 0.2) is 0 Å². The normalized spacial score (nSPS) is 10.7. The molecule has 0 aliphatic carbocycles. The fourth-order valence-corrected chi connectivity index (χ4v) is 2.62. The van der Waals surface area contributed by atoms with Crippen molar-refractivity contribution >= 4 is 66.7 Å². The summed E-state index contributed by atoms with van der Waals surface area (Å²) in [6, 6.07) is 0. The fourth-order valence-electron chi connectivity index (χ4n) is 1.98. The summed E-state index contributed by atoms with van der Waals surface area (Å²) < 4.78 is 10.6. The van der Waals surface area contributed by atoms with E-state index in [4.69, 9.17) is 9.79 Å². The molecule has 0 unspecified atom stereocenters. The van der Waals surface area contributed by atoms with Gasteiger partial charge in [0.25, 0.3) is 0 Å². The Balaban J connectivity index is -0.00000128. The minimum absolute atomic E-state index is 0. The van der Waals surface area contributed by atoms with E-state index < -0.39 is 7.60 Å². The van der Waals surface area contributed by atoms with Crippen LogP contribution in [0.3, 0.4) is 0 Å². The van der Waals surface area contributed by atoms with Crippen LogP contribution in [0, 0.1) is 0 Å². The molecule has 0 fully saturated rings. The van der Waals surface area contributed by atoms with Gasteiger partial charge < -0.3 is 9.79 Å². The Bertz CT molecular complexity index is 210. The van der Waals surface area contributed by atoms with Crippen LogP contribution < -0.4 is 0 Å². The van der Waals surface area contributed by atoms with Crippen molar-refractivity contribution < 1.29 is 14.4 Å². The van der Waals surface area contributed by atoms with Gasteiger partial charge in [-0.15, -0.1) is 0 Å². The molecule has 0 aromatic heterocycles. The molecule has 0 spiro atoms. The van der Waals surface area contributed by atoms with Crippen molar-refractivity contribution in [3.63, 3.8) is 0 Å². The molecule has 19 heavy (non-hydrogen) atoms. The van der Waals surface area contributed by atoms with Gasteiger partial charge in [-0.05, 0) is 6.42 Å². The Kier molecular flexibility index (Phi) is 25.0. The molecular weight excluding hydrogens is 281 g/mol. The number of unbranched alkanes of at least 4 members (excludes halogenated alkanes) is 10. The Morgan fingerprint density at radius 2 is 1.00 bits per heavy atom. The molecule has 0 aliphatic rings. The van der Waals surface area contributed by atoms with Crippen molar-refractivity contribution in [2.45, 2.75) is 77.6 Å². The topological polar surface area (TPSA) is 57.5 Å². The van der Waals surface area contributed by atoms with Gasteiger partial charge in [0.1, 0.15) is 0 Å². The zero-order valence-corrected chi connectivity index (χ0v) is 12.1. The van der Waals surface area contributed by atoms with Crippen LogP contribution in [0.5, 0.6) is 0 Å². The first-order valence-electron chi connectivity index (χ1n) is 7.11. The summed E-state index contributed by atoms with van der Waals surface area (Å²) in [6.45, 7) is 2.23. The van der Waals surface area contributed by atoms with E-state index in [1.165, 1.54) is 51.4 Å². The third-order valence-electron chi connectivity index (χ3n) is 3.05. The Labute approximate surface area is 163 Å². The molecule has 0 atom stereocenters. The van der Waals surface area contributed by atoms with Crippen molar-refractivity contribution in [2.24, 2.45) is 0 Å². The zero-order chi connectivity index (χ0) is 13.0. The van der Waals surface area contributed by atoms with Crippen molar-refractivity contribution in [1.29, 1.82) is 0 Å². The zero-order valence-electron chi connectivity index (χ0n) is 11.2. The van der Waals surface area contributed by atoms with Crippen LogP contribution in [-0.4, -0.2) is 75.1 Å². The molecule has 2 N–H and O–H groups in total. The molecule has 0 amide bonds. The van der Waals surface area contributed by atoms with E-state index in [0.717, 1.165) is 12.8 Å². The van der Waals surface area contributed by atoms with E-state index in [1.807, 2.05) is 0 Å². The van der Waals surface area contributed by atoms with Crippen LogP contribution in [0.1, 0.15) is 77.6 Å². The Hall–Kier alpha value is 2.15. The van der Waals surface area contributed by atoms with Gasteiger partial charge >= 0.3 is 66.7 Å². The van der Waals surface area contributed by atoms with E-state index in [0.29, 0.717) is 6.42 Å².